The Bertz CT molecular complexity index is 512. The smallest absolute Gasteiger partial charge is 0.109 e. The lowest BCUT2D eigenvalue weighted by Crippen LogP contribution is -2.38. The van der Waals surface area contributed by atoms with E-state index in [4.69, 9.17) is 4.74 Å². The lowest BCUT2D eigenvalue weighted by molar-refractivity contribution is 0.0421. The Morgan fingerprint density at radius 2 is 2.39 bits per heavy atom. The van der Waals surface area contributed by atoms with Crippen molar-refractivity contribution >= 4 is 17.0 Å². The Labute approximate surface area is 111 Å². The van der Waals surface area contributed by atoms with Crippen molar-refractivity contribution in [2.75, 3.05) is 24.6 Å². The van der Waals surface area contributed by atoms with E-state index < -0.39 is 0 Å². The molecule has 1 aliphatic rings. The molecule has 2 aromatic rings. The van der Waals surface area contributed by atoms with E-state index in [-0.39, 0.29) is 6.10 Å². The monoisotopic (exact) mass is 260 g/mol. The largest absolute Gasteiger partial charge is 0.369 e. The van der Waals surface area contributed by atoms with Crippen molar-refractivity contribution in [3.8, 4) is 0 Å². The molecule has 3 rings (SSSR count). The lowest BCUT2D eigenvalue weighted by atomic mass is 10.2. The van der Waals surface area contributed by atoms with E-state index in [2.05, 4.69) is 39.5 Å². The zero-order valence-corrected chi connectivity index (χ0v) is 11.2. The van der Waals surface area contributed by atoms with E-state index in [1.165, 1.54) is 10.6 Å². The van der Waals surface area contributed by atoms with Gasteiger partial charge in [-0.3, -0.25) is 4.98 Å². The van der Waals surface area contributed by atoms with Crippen LogP contribution in [0.15, 0.2) is 35.8 Å². The van der Waals surface area contributed by atoms with Gasteiger partial charge in [-0.15, -0.1) is 11.3 Å². The zero-order valence-electron chi connectivity index (χ0n) is 10.4. The second-order valence-corrected chi connectivity index (χ2v) is 5.46. The number of hydrogen-bond donors (Lipinski definition) is 0. The third kappa shape index (κ3) is 2.40. The predicted molar refractivity (Wildman–Crippen MR) is 74.2 cm³/mol. The minimum absolute atomic E-state index is 0.201. The van der Waals surface area contributed by atoms with Crippen LogP contribution in [0.5, 0.6) is 0 Å². The molecular formula is C14H16N2OS. The van der Waals surface area contributed by atoms with Crippen molar-refractivity contribution < 1.29 is 4.74 Å². The second kappa shape index (κ2) is 5.08. The zero-order chi connectivity index (χ0) is 12.4. The lowest BCUT2D eigenvalue weighted by Gasteiger charge is -2.34. The predicted octanol–water partition coefficient (Wildman–Crippen LogP) is 3.03. The van der Waals surface area contributed by atoms with Crippen LogP contribution in [-0.4, -0.2) is 24.7 Å². The van der Waals surface area contributed by atoms with Gasteiger partial charge in [0.25, 0.3) is 0 Å². The Balaban J connectivity index is 1.78. The van der Waals surface area contributed by atoms with E-state index in [1.807, 2.05) is 13.1 Å². The van der Waals surface area contributed by atoms with E-state index in [1.54, 1.807) is 11.3 Å². The van der Waals surface area contributed by atoms with Gasteiger partial charge in [-0.2, -0.15) is 0 Å². The Hall–Kier alpha value is -1.39. The first-order valence-corrected chi connectivity index (χ1v) is 7.03. The Morgan fingerprint density at radius 1 is 1.44 bits per heavy atom. The third-order valence-corrected chi connectivity index (χ3v) is 4.14. The van der Waals surface area contributed by atoms with Gasteiger partial charge in [0.2, 0.25) is 0 Å². The summed E-state index contributed by atoms with van der Waals surface area (Å²) in [6, 6.07) is 8.44. The van der Waals surface area contributed by atoms with E-state index in [9.17, 15) is 0 Å². The van der Waals surface area contributed by atoms with Crippen molar-refractivity contribution in [3.05, 3.63) is 46.4 Å². The second-order valence-electron chi connectivity index (χ2n) is 4.48. The van der Waals surface area contributed by atoms with Crippen LogP contribution in [0.2, 0.25) is 0 Å². The first-order valence-electron chi connectivity index (χ1n) is 6.15. The summed E-state index contributed by atoms with van der Waals surface area (Å²) in [6.07, 6.45) is 2.08. The van der Waals surface area contributed by atoms with Crippen molar-refractivity contribution in [1.82, 2.24) is 4.98 Å². The Kier molecular flexibility index (Phi) is 3.30. The maximum absolute atomic E-state index is 5.86. The molecular weight excluding hydrogens is 244 g/mol. The molecule has 3 heterocycles. The van der Waals surface area contributed by atoms with Crippen molar-refractivity contribution in [3.63, 3.8) is 0 Å². The van der Waals surface area contributed by atoms with Gasteiger partial charge < -0.3 is 9.64 Å². The molecule has 0 spiro atoms. The summed E-state index contributed by atoms with van der Waals surface area (Å²) in [4.78, 5) is 7.94. The molecule has 1 saturated heterocycles. The summed E-state index contributed by atoms with van der Waals surface area (Å²) in [7, 11) is 0. The Morgan fingerprint density at radius 3 is 3.17 bits per heavy atom. The van der Waals surface area contributed by atoms with Crippen molar-refractivity contribution in [1.29, 1.82) is 0 Å². The van der Waals surface area contributed by atoms with Gasteiger partial charge in [0, 0.05) is 35.5 Å². The average molecular weight is 260 g/mol. The molecule has 2 aromatic heterocycles. The van der Waals surface area contributed by atoms with Gasteiger partial charge in [-0.25, -0.2) is 0 Å². The van der Waals surface area contributed by atoms with Crippen LogP contribution in [0.25, 0.3) is 0 Å². The summed E-state index contributed by atoms with van der Waals surface area (Å²) in [6.45, 7) is 4.68. The molecule has 94 valence electrons. The van der Waals surface area contributed by atoms with Crippen LogP contribution in [0.4, 0.5) is 5.69 Å². The average Bonchev–Trinajstić information content (AvgIpc) is 2.93. The highest BCUT2D eigenvalue weighted by atomic mass is 32.1. The molecule has 0 aliphatic carbocycles. The van der Waals surface area contributed by atoms with Crippen molar-refractivity contribution in [2.24, 2.45) is 0 Å². The summed E-state index contributed by atoms with van der Waals surface area (Å²) < 4.78 is 5.86. The van der Waals surface area contributed by atoms with E-state index >= 15 is 0 Å². The molecule has 0 unspecified atom stereocenters. The molecule has 18 heavy (non-hydrogen) atoms. The summed E-state index contributed by atoms with van der Waals surface area (Å²) in [5, 5.41) is 2.11. The van der Waals surface area contributed by atoms with Crippen LogP contribution in [-0.2, 0) is 4.74 Å². The van der Waals surface area contributed by atoms with Gasteiger partial charge in [0.1, 0.15) is 6.10 Å². The van der Waals surface area contributed by atoms with Crippen LogP contribution in [0.3, 0.4) is 0 Å². The normalized spacial score (nSPS) is 20.1. The molecule has 0 N–H and O–H groups in total. The molecule has 0 radical (unpaired) electrons. The number of aromatic nitrogens is 1. The van der Waals surface area contributed by atoms with Gasteiger partial charge in [0.05, 0.1) is 6.61 Å². The maximum atomic E-state index is 5.86. The van der Waals surface area contributed by atoms with Crippen LogP contribution in [0.1, 0.15) is 16.7 Å². The van der Waals surface area contributed by atoms with Gasteiger partial charge in [-0.05, 0) is 30.5 Å². The number of rotatable bonds is 2. The molecule has 0 aromatic carbocycles. The van der Waals surface area contributed by atoms with Crippen LogP contribution >= 0.6 is 11.3 Å². The van der Waals surface area contributed by atoms with Gasteiger partial charge in [-0.1, -0.05) is 6.07 Å². The van der Waals surface area contributed by atoms with Crippen LogP contribution < -0.4 is 4.90 Å². The number of morpholine rings is 1. The maximum Gasteiger partial charge on any atom is 0.109 e. The van der Waals surface area contributed by atoms with Gasteiger partial charge >= 0.3 is 0 Å². The number of thiophene rings is 1. The van der Waals surface area contributed by atoms with Gasteiger partial charge in [0.15, 0.2) is 0 Å². The third-order valence-electron chi connectivity index (χ3n) is 3.17. The summed E-state index contributed by atoms with van der Waals surface area (Å²) in [5.74, 6) is 0. The quantitative estimate of drug-likeness (QED) is 0.830. The number of hydrogen-bond acceptors (Lipinski definition) is 4. The number of nitrogens with zero attached hydrogens (tertiary/aromatic N) is 2. The molecule has 1 aliphatic heterocycles. The highest BCUT2D eigenvalue weighted by molar-refractivity contribution is 7.10. The number of anilines is 1. The highest BCUT2D eigenvalue weighted by Gasteiger charge is 2.22. The molecule has 0 saturated carbocycles. The fourth-order valence-corrected chi connectivity index (χ4v) is 3.02. The molecule has 0 bridgehead atoms. The highest BCUT2D eigenvalue weighted by Crippen LogP contribution is 2.28. The minimum Gasteiger partial charge on any atom is -0.369 e. The number of ether oxygens (including phenoxy) is 1. The number of pyridine rings is 1. The summed E-state index contributed by atoms with van der Waals surface area (Å²) in [5.41, 5.74) is 2.30. The van der Waals surface area contributed by atoms with Crippen molar-refractivity contribution in [2.45, 2.75) is 13.0 Å². The first kappa shape index (κ1) is 11.7. The van der Waals surface area contributed by atoms with E-state index in [0.29, 0.717) is 0 Å². The molecule has 0 amide bonds. The first-order chi connectivity index (χ1) is 8.83. The molecule has 3 nitrogen and oxygen atoms in total. The fourth-order valence-electron chi connectivity index (χ4n) is 2.26. The number of aryl methyl sites for hydroxylation is 1. The summed E-state index contributed by atoms with van der Waals surface area (Å²) >= 11 is 1.77. The minimum atomic E-state index is 0.201. The van der Waals surface area contributed by atoms with Crippen LogP contribution in [0, 0.1) is 6.92 Å². The molecule has 4 heteroatoms. The standard InChI is InChI=1S/C14H16N2OS/c1-11-9-12(4-5-15-11)16-6-7-17-13(10-16)14-3-2-8-18-14/h2-5,8-9,13H,6-7,10H2,1H3/t13-/m1/s1. The topological polar surface area (TPSA) is 25.4 Å². The SMILES string of the molecule is Cc1cc(N2CCO[C@@H](c3cccs3)C2)ccn1. The molecule has 1 atom stereocenters. The molecule has 1 fully saturated rings. The fraction of sp³-hybridized carbons (Fsp3) is 0.357. The van der Waals surface area contributed by atoms with E-state index in [0.717, 1.165) is 25.4 Å².